The highest BCUT2D eigenvalue weighted by molar-refractivity contribution is 5.39. The zero-order chi connectivity index (χ0) is 15.5. The first-order chi connectivity index (χ1) is 10.9. The van der Waals surface area contributed by atoms with Gasteiger partial charge < -0.3 is 19.1 Å². The summed E-state index contributed by atoms with van der Waals surface area (Å²) in [6.45, 7) is 8.58. The van der Waals surface area contributed by atoms with Crippen LogP contribution in [0.3, 0.4) is 0 Å². The fourth-order valence-corrected chi connectivity index (χ4v) is 2.73. The molecule has 1 N–H and O–H groups in total. The highest BCUT2D eigenvalue weighted by Crippen LogP contribution is 2.26. The number of piperidine rings is 1. The number of benzene rings is 1. The predicted molar refractivity (Wildman–Crippen MR) is 88.0 cm³/mol. The molecular weight excluding hydrogens is 278 g/mol. The first-order valence-corrected chi connectivity index (χ1v) is 8.66. The summed E-state index contributed by atoms with van der Waals surface area (Å²) >= 11 is 0. The third-order valence-corrected chi connectivity index (χ3v) is 3.96. The number of rotatable bonds is 10. The zero-order valence-corrected chi connectivity index (χ0v) is 13.8. The van der Waals surface area contributed by atoms with Crippen molar-refractivity contribution in [2.75, 3.05) is 46.1 Å². The van der Waals surface area contributed by atoms with Crippen molar-refractivity contribution in [2.45, 2.75) is 32.6 Å². The molecule has 0 bridgehead atoms. The first-order valence-electron chi connectivity index (χ1n) is 8.66. The maximum Gasteiger partial charge on any atom is 0.161 e. The lowest BCUT2D eigenvalue weighted by Gasteiger charge is -2.23. The molecule has 1 aromatic carbocycles. The Morgan fingerprint density at radius 3 is 2.23 bits per heavy atom. The van der Waals surface area contributed by atoms with E-state index < -0.39 is 0 Å². The lowest BCUT2D eigenvalue weighted by Crippen LogP contribution is -3.13. The van der Waals surface area contributed by atoms with Crippen LogP contribution in [0, 0.1) is 0 Å². The summed E-state index contributed by atoms with van der Waals surface area (Å²) in [6.07, 6.45) is 5.13. The minimum atomic E-state index is 0.571. The van der Waals surface area contributed by atoms with E-state index in [0.29, 0.717) is 13.2 Å². The van der Waals surface area contributed by atoms with Gasteiger partial charge in [0.1, 0.15) is 13.2 Å². The van der Waals surface area contributed by atoms with Crippen LogP contribution in [0.4, 0.5) is 0 Å². The molecule has 1 saturated heterocycles. The number of quaternary nitrogens is 1. The molecule has 0 aromatic heterocycles. The van der Waals surface area contributed by atoms with Crippen LogP contribution in [0.25, 0.3) is 0 Å². The topological polar surface area (TPSA) is 32.1 Å². The summed E-state index contributed by atoms with van der Waals surface area (Å²) in [5.41, 5.74) is 0. The molecule has 1 aromatic rings. The second-order valence-corrected chi connectivity index (χ2v) is 5.82. The van der Waals surface area contributed by atoms with E-state index in [1.54, 1.807) is 4.90 Å². The fraction of sp³-hybridized carbons (Fsp3) is 0.667. The summed E-state index contributed by atoms with van der Waals surface area (Å²) in [7, 11) is 0. The number of likely N-dealkylation sites (tertiary alicyclic amines) is 1. The largest absolute Gasteiger partial charge is 0.490 e. The van der Waals surface area contributed by atoms with E-state index in [1.807, 2.05) is 24.3 Å². The Hall–Kier alpha value is -1.26. The van der Waals surface area contributed by atoms with Crippen LogP contribution >= 0.6 is 0 Å². The standard InChI is InChI=1S/C18H29NO3/c1-2-13-21-17-8-4-5-9-18(17)22-16-15-20-14-12-19-10-6-3-7-11-19/h4-5,8-9H,2-3,6-7,10-16H2,1H3/p+1. The van der Waals surface area contributed by atoms with Crippen LogP contribution in [0.1, 0.15) is 32.6 Å². The molecule has 0 saturated carbocycles. The van der Waals surface area contributed by atoms with Gasteiger partial charge in [0.25, 0.3) is 0 Å². The van der Waals surface area contributed by atoms with Crippen molar-refractivity contribution in [1.82, 2.24) is 0 Å². The smallest absolute Gasteiger partial charge is 0.161 e. The van der Waals surface area contributed by atoms with Crippen LogP contribution in [-0.4, -0.2) is 46.1 Å². The van der Waals surface area contributed by atoms with Gasteiger partial charge in [-0.3, -0.25) is 0 Å². The van der Waals surface area contributed by atoms with Crippen molar-refractivity contribution in [2.24, 2.45) is 0 Å². The van der Waals surface area contributed by atoms with Gasteiger partial charge in [0.05, 0.1) is 32.9 Å². The molecule has 0 spiro atoms. The van der Waals surface area contributed by atoms with Crippen molar-refractivity contribution in [3.63, 3.8) is 0 Å². The van der Waals surface area contributed by atoms with Crippen molar-refractivity contribution >= 4 is 0 Å². The maximum atomic E-state index is 5.77. The van der Waals surface area contributed by atoms with Gasteiger partial charge in [0.2, 0.25) is 0 Å². The number of nitrogens with one attached hydrogen (secondary N) is 1. The molecule has 124 valence electrons. The SMILES string of the molecule is CCCOc1ccccc1OCCOCC[NH+]1CCCCC1. The quantitative estimate of drug-likeness (QED) is 0.671. The molecule has 22 heavy (non-hydrogen) atoms. The van der Waals surface area contributed by atoms with Gasteiger partial charge in [0.15, 0.2) is 11.5 Å². The van der Waals surface area contributed by atoms with E-state index >= 15 is 0 Å². The molecule has 0 amide bonds. The molecule has 4 heteroatoms. The Kier molecular flexibility index (Phi) is 8.13. The van der Waals surface area contributed by atoms with Crippen LogP contribution in [0.15, 0.2) is 24.3 Å². The minimum absolute atomic E-state index is 0.571. The Bertz CT molecular complexity index is 405. The predicted octanol–water partition coefficient (Wildman–Crippen LogP) is 1.94. The number of hydrogen-bond donors (Lipinski definition) is 1. The van der Waals surface area contributed by atoms with E-state index in [0.717, 1.165) is 37.7 Å². The second kappa shape index (κ2) is 10.5. The van der Waals surface area contributed by atoms with Crippen LogP contribution < -0.4 is 14.4 Å². The Morgan fingerprint density at radius 1 is 0.864 bits per heavy atom. The van der Waals surface area contributed by atoms with Gasteiger partial charge in [-0.05, 0) is 37.8 Å². The lowest BCUT2D eigenvalue weighted by molar-refractivity contribution is -0.905. The van der Waals surface area contributed by atoms with Gasteiger partial charge in [-0.15, -0.1) is 0 Å². The molecule has 1 aliphatic heterocycles. The van der Waals surface area contributed by atoms with Gasteiger partial charge in [-0.1, -0.05) is 19.1 Å². The first kappa shape index (κ1) is 17.1. The normalized spacial score (nSPS) is 15.7. The molecule has 0 unspecified atom stereocenters. The molecule has 0 radical (unpaired) electrons. The average molecular weight is 308 g/mol. The van der Waals surface area contributed by atoms with Crippen LogP contribution in [0.5, 0.6) is 11.5 Å². The summed E-state index contributed by atoms with van der Waals surface area (Å²) in [5, 5.41) is 0. The number of ether oxygens (including phenoxy) is 3. The molecule has 1 heterocycles. The summed E-state index contributed by atoms with van der Waals surface area (Å²) in [5.74, 6) is 1.63. The van der Waals surface area contributed by atoms with Gasteiger partial charge in [0, 0.05) is 0 Å². The van der Waals surface area contributed by atoms with Crippen molar-refractivity contribution < 1.29 is 19.1 Å². The van der Waals surface area contributed by atoms with Crippen molar-refractivity contribution in [1.29, 1.82) is 0 Å². The Morgan fingerprint density at radius 2 is 1.55 bits per heavy atom. The van der Waals surface area contributed by atoms with E-state index in [9.17, 15) is 0 Å². The minimum Gasteiger partial charge on any atom is -0.490 e. The summed E-state index contributed by atoms with van der Waals surface area (Å²) in [6, 6.07) is 7.83. The van der Waals surface area contributed by atoms with E-state index in [4.69, 9.17) is 14.2 Å². The lowest BCUT2D eigenvalue weighted by atomic mass is 10.1. The molecule has 0 aliphatic carbocycles. The zero-order valence-electron chi connectivity index (χ0n) is 13.8. The molecule has 1 aliphatic rings. The Balaban J connectivity index is 1.58. The maximum absolute atomic E-state index is 5.77. The van der Waals surface area contributed by atoms with Crippen molar-refractivity contribution in [3.8, 4) is 11.5 Å². The second-order valence-electron chi connectivity index (χ2n) is 5.82. The van der Waals surface area contributed by atoms with Gasteiger partial charge in [-0.25, -0.2) is 0 Å². The fourth-order valence-electron chi connectivity index (χ4n) is 2.73. The highest BCUT2D eigenvalue weighted by Gasteiger charge is 2.12. The average Bonchev–Trinajstić information content (AvgIpc) is 2.58. The third kappa shape index (κ3) is 6.24. The highest BCUT2D eigenvalue weighted by atomic mass is 16.5. The Labute approximate surface area is 134 Å². The monoisotopic (exact) mass is 308 g/mol. The van der Waals surface area contributed by atoms with Crippen LogP contribution in [0.2, 0.25) is 0 Å². The van der Waals surface area contributed by atoms with Gasteiger partial charge >= 0.3 is 0 Å². The summed E-state index contributed by atoms with van der Waals surface area (Å²) in [4.78, 5) is 1.69. The van der Waals surface area contributed by atoms with E-state index in [1.165, 1.54) is 32.4 Å². The molecular formula is C18H30NO3+. The van der Waals surface area contributed by atoms with Crippen LogP contribution in [-0.2, 0) is 4.74 Å². The molecule has 2 rings (SSSR count). The van der Waals surface area contributed by atoms with E-state index in [-0.39, 0.29) is 0 Å². The molecule has 0 atom stereocenters. The van der Waals surface area contributed by atoms with Crippen molar-refractivity contribution in [3.05, 3.63) is 24.3 Å². The third-order valence-electron chi connectivity index (χ3n) is 3.96. The molecule has 4 nitrogen and oxygen atoms in total. The van der Waals surface area contributed by atoms with Gasteiger partial charge in [-0.2, -0.15) is 0 Å². The van der Waals surface area contributed by atoms with E-state index in [2.05, 4.69) is 6.92 Å². The molecule has 1 fully saturated rings. The summed E-state index contributed by atoms with van der Waals surface area (Å²) < 4.78 is 17.1. The number of para-hydroxylation sites is 2. The number of hydrogen-bond acceptors (Lipinski definition) is 3.